The first kappa shape index (κ1) is 29.9. The molecule has 0 spiro atoms. The number of hydrogen-bond acceptors (Lipinski definition) is 4. The number of piperidine rings is 1. The van der Waals surface area contributed by atoms with E-state index in [1.165, 1.54) is 0 Å². The molecule has 11 heteroatoms. The van der Waals surface area contributed by atoms with Gasteiger partial charge >= 0.3 is 17.8 Å². The van der Waals surface area contributed by atoms with Gasteiger partial charge in [-0.1, -0.05) is 56.3 Å². The van der Waals surface area contributed by atoms with Crippen LogP contribution in [0.5, 0.6) is 0 Å². The van der Waals surface area contributed by atoms with E-state index in [2.05, 4.69) is 35.1 Å². The maximum absolute atomic E-state index is 13.0. The van der Waals surface area contributed by atoms with Crippen molar-refractivity contribution >= 4 is 33.7 Å². The molecular weight excluding hydrogens is 537 g/mol. The predicted molar refractivity (Wildman–Crippen MR) is 151 cm³/mol. The van der Waals surface area contributed by atoms with E-state index >= 15 is 0 Å². The summed E-state index contributed by atoms with van der Waals surface area (Å²) in [5, 5.41) is 12.6. The normalized spacial score (nSPS) is 15.5. The number of carboxylic acids is 1. The molecule has 2 heterocycles. The van der Waals surface area contributed by atoms with Crippen LogP contribution in [0.3, 0.4) is 0 Å². The molecule has 1 aromatic heterocycles. The number of rotatable bonds is 6. The summed E-state index contributed by atoms with van der Waals surface area (Å²) in [5.74, 6) is -2.46. The van der Waals surface area contributed by atoms with Gasteiger partial charge in [0.25, 0.3) is 5.91 Å². The van der Waals surface area contributed by atoms with Crippen molar-refractivity contribution < 1.29 is 27.9 Å². The maximum Gasteiger partial charge on any atom is 0.490 e. The minimum atomic E-state index is -5.08. The van der Waals surface area contributed by atoms with Crippen LogP contribution in [0, 0.1) is 5.92 Å². The fourth-order valence-corrected chi connectivity index (χ4v) is 5.08. The Bertz CT molecular complexity index is 1570. The Kier molecular flexibility index (Phi) is 9.17. The van der Waals surface area contributed by atoms with Crippen molar-refractivity contribution in [2.45, 2.75) is 44.9 Å². The Balaban J connectivity index is 0.000000493. The van der Waals surface area contributed by atoms with Crippen molar-refractivity contribution in [1.82, 2.24) is 19.8 Å². The lowest BCUT2D eigenvalue weighted by atomic mass is 9.99. The van der Waals surface area contributed by atoms with E-state index in [9.17, 15) is 22.8 Å². The average Bonchev–Trinajstić information content (AvgIpc) is 3.28. The van der Waals surface area contributed by atoms with Crippen molar-refractivity contribution in [3.05, 3.63) is 82.8 Å². The molecule has 0 unspecified atom stereocenters. The third kappa shape index (κ3) is 7.35. The number of amides is 1. The van der Waals surface area contributed by atoms with Crippen molar-refractivity contribution in [2.75, 3.05) is 19.6 Å². The summed E-state index contributed by atoms with van der Waals surface area (Å²) in [6.45, 7) is 6.94. The van der Waals surface area contributed by atoms with Crippen molar-refractivity contribution in [1.29, 1.82) is 0 Å². The number of para-hydroxylation sites is 2. The lowest BCUT2D eigenvalue weighted by Gasteiger charge is -2.36. The Morgan fingerprint density at radius 1 is 1.00 bits per heavy atom. The van der Waals surface area contributed by atoms with E-state index in [1.807, 2.05) is 65.2 Å². The molecule has 1 amide bonds. The number of aromatic nitrogens is 2. The van der Waals surface area contributed by atoms with E-state index in [0.29, 0.717) is 11.5 Å². The number of imidazole rings is 1. The number of alkyl halides is 3. The summed E-state index contributed by atoms with van der Waals surface area (Å²) in [6.07, 6.45) is -3.24. The number of H-pyrrole nitrogens is 1. The van der Waals surface area contributed by atoms with E-state index in [4.69, 9.17) is 9.90 Å². The molecule has 4 aromatic rings. The zero-order valence-corrected chi connectivity index (χ0v) is 22.8. The number of nitrogens with zero attached hydrogens (tertiary/aromatic N) is 2. The number of aromatic amines is 1. The number of carbonyl (C=O) groups excluding carboxylic acids is 1. The van der Waals surface area contributed by atoms with Gasteiger partial charge in [0.05, 0.1) is 11.0 Å². The topological polar surface area (TPSA) is 107 Å². The van der Waals surface area contributed by atoms with Crippen LogP contribution in [0.1, 0.15) is 43.1 Å². The second-order valence-electron chi connectivity index (χ2n) is 10.5. The Morgan fingerprint density at radius 3 is 2.24 bits per heavy atom. The highest BCUT2D eigenvalue weighted by Gasteiger charge is 2.38. The number of halogens is 3. The number of nitrogens with one attached hydrogen (secondary N) is 2. The molecule has 41 heavy (non-hydrogen) atoms. The van der Waals surface area contributed by atoms with Gasteiger partial charge in [-0.3, -0.25) is 9.36 Å². The molecule has 0 bridgehead atoms. The number of hydrogen-bond donors (Lipinski definition) is 3. The molecule has 5 rings (SSSR count). The molecule has 218 valence electrons. The molecule has 0 saturated carbocycles. The summed E-state index contributed by atoms with van der Waals surface area (Å²) in [4.78, 5) is 39.9. The first-order chi connectivity index (χ1) is 19.4. The Morgan fingerprint density at radius 2 is 1.61 bits per heavy atom. The number of likely N-dealkylation sites (tertiary alicyclic amines) is 1. The minimum absolute atomic E-state index is 0.0234. The first-order valence-corrected chi connectivity index (χ1v) is 13.5. The van der Waals surface area contributed by atoms with Crippen LogP contribution in [-0.2, 0) is 4.79 Å². The molecule has 1 saturated heterocycles. The van der Waals surface area contributed by atoms with Crippen LogP contribution in [0.15, 0.2) is 71.5 Å². The van der Waals surface area contributed by atoms with E-state index in [-0.39, 0.29) is 23.7 Å². The van der Waals surface area contributed by atoms with E-state index < -0.39 is 12.1 Å². The van der Waals surface area contributed by atoms with Gasteiger partial charge in [0.2, 0.25) is 0 Å². The van der Waals surface area contributed by atoms with Crippen molar-refractivity contribution in [2.24, 2.45) is 5.92 Å². The Hall–Kier alpha value is -4.12. The summed E-state index contributed by atoms with van der Waals surface area (Å²) in [7, 11) is 0. The summed E-state index contributed by atoms with van der Waals surface area (Å²) >= 11 is 0. The van der Waals surface area contributed by atoms with Gasteiger partial charge in [-0.25, -0.2) is 9.59 Å². The van der Waals surface area contributed by atoms with Gasteiger partial charge in [0.1, 0.15) is 0 Å². The second kappa shape index (κ2) is 12.6. The molecule has 0 radical (unpaired) electrons. The number of carbonyl (C=O) groups is 2. The predicted octanol–water partition coefficient (Wildman–Crippen LogP) is 5.21. The van der Waals surface area contributed by atoms with Crippen LogP contribution < -0.4 is 11.0 Å². The maximum atomic E-state index is 13.0. The highest BCUT2D eigenvalue weighted by atomic mass is 19.4. The van der Waals surface area contributed by atoms with Gasteiger partial charge in [-0.15, -0.1) is 0 Å². The standard InChI is InChI=1S/C28H32N4O2.C2HF3O2/c1-19(2)25(29-27(33)22-12-11-20-7-3-4-8-21(20)17-22)18-31-15-13-23(14-16-31)32-26-10-6-5-9-24(26)30-28(32)34;3-2(4,5)1(6)7/h3-12,17,19,23,25H,13-16,18H2,1-2H3,(H,29,33)(H,30,34);(H,6,7)/t25-;/m1./s1. The first-order valence-electron chi connectivity index (χ1n) is 13.5. The van der Waals surface area contributed by atoms with Gasteiger partial charge in [-0.2, -0.15) is 13.2 Å². The molecule has 1 aliphatic rings. The van der Waals surface area contributed by atoms with Crippen LogP contribution >= 0.6 is 0 Å². The SMILES string of the molecule is CC(C)[C@@H](CN1CCC(n2c(=O)[nH]c3ccccc32)CC1)NC(=O)c1ccc2ccccc2c1.O=C(O)C(F)(F)F. The molecule has 1 aliphatic heterocycles. The lowest BCUT2D eigenvalue weighted by molar-refractivity contribution is -0.192. The van der Waals surface area contributed by atoms with E-state index in [1.54, 1.807) is 0 Å². The highest BCUT2D eigenvalue weighted by Crippen LogP contribution is 2.25. The van der Waals surface area contributed by atoms with Crippen molar-refractivity contribution in [3.63, 3.8) is 0 Å². The highest BCUT2D eigenvalue weighted by molar-refractivity contribution is 5.98. The van der Waals surface area contributed by atoms with Crippen LogP contribution in [0.2, 0.25) is 0 Å². The largest absolute Gasteiger partial charge is 0.490 e. The lowest BCUT2D eigenvalue weighted by Crippen LogP contribution is -2.49. The van der Waals surface area contributed by atoms with Crippen LogP contribution in [-0.4, -0.2) is 63.3 Å². The zero-order chi connectivity index (χ0) is 29.7. The number of aliphatic carboxylic acids is 1. The average molecular weight is 571 g/mol. The number of benzene rings is 3. The van der Waals surface area contributed by atoms with Gasteiger partial charge < -0.3 is 20.3 Å². The fraction of sp³-hybridized carbons (Fsp3) is 0.367. The molecule has 3 N–H and O–H groups in total. The third-order valence-corrected chi connectivity index (χ3v) is 7.38. The fourth-order valence-electron chi connectivity index (χ4n) is 5.08. The second-order valence-corrected chi connectivity index (χ2v) is 10.5. The van der Waals surface area contributed by atoms with Crippen LogP contribution in [0.4, 0.5) is 13.2 Å². The molecular formula is C30H33F3N4O4. The van der Waals surface area contributed by atoms with Gasteiger partial charge in [0.15, 0.2) is 0 Å². The molecule has 1 atom stereocenters. The van der Waals surface area contributed by atoms with Gasteiger partial charge in [-0.05, 0) is 53.8 Å². The molecule has 0 aliphatic carbocycles. The van der Waals surface area contributed by atoms with Crippen molar-refractivity contribution in [3.8, 4) is 0 Å². The zero-order valence-electron chi connectivity index (χ0n) is 22.8. The monoisotopic (exact) mass is 570 g/mol. The van der Waals surface area contributed by atoms with E-state index in [0.717, 1.165) is 54.3 Å². The molecule has 8 nitrogen and oxygen atoms in total. The van der Waals surface area contributed by atoms with Gasteiger partial charge in [0, 0.05) is 37.3 Å². The number of fused-ring (bicyclic) bond motifs is 2. The van der Waals surface area contributed by atoms with Crippen LogP contribution in [0.25, 0.3) is 21.8 Å². The minimum Gasteiger partial charge on any atom is -0.475 e. The molecule has 1 fully saturated rings. The molecule has 3 aromatic carbocycles. The number of carboxylic acid groups (broad SMARTS) is 1. The Labute approximate surface area is 234 Å². The quantitative estimate of drug-likeness (QED) is 0.295. The smallest absolute Gasteiger partial charge is 0.475 e. The summed E-state index contributed by atoms with van der Waals surface area (Å²) < 4.78 is 33.7. The summed E-state index contributed by atoms with van der Waals surface area (Å²) in [5.41, 5.74) is 2.55. The third-order valence-electron chi connectivity index (χ3n) is 7.38. The summed E-state index contributed by atoms with van der Waals surface area (Å²) in [6, 6.07) is 22.1.